The maximum atomic E-state index is 6.52. The molecule has 4 aliphatic rings. The molecule has 0 spiro atoms. The summed E-state index contributed by atoms with van der Waals surface area (Å²) in [5.41, 5.74) is 4.48. The summed E-state index contributed by atoms with van der Waals surface area (Å²) in [5, 5.41) is 4.80. The smallest absolute Gasteiger partial charge is 0.319 e. The fourth-order valence-corrected chi connectivity index (χ4v) is 7.22. The van der Waals surface area contributed by atoms with Gasteiger partial charge in [0.1, 0.15) is 12.4 Å². The lowest BCUT2D eigenvalue weighted by Crippen LogP contribution is -2.51. The third-order valence-corrected chi connectivity index (χ3v) is 9.00. The summed E-state index contributed by atoms with van der Waals surface area (Å²) in [6, 6.07) is 12.1. The molecule has 2 bridgehead atoms. The van der Waals surface area contributed by atoms with E-state index in [9.17, 15) is 0 Å². The van der Waals surface area contributed by atoms with Gasteiger partial charge in [-0.2, -0.15) is 9.97 Å². The molecule has 0 saturated carbocycles. The summed E-state index contributed by atoms with van der Waals surface area (Å²) >= 11 is 0. The number of nitrogens with one attached hydrogen (secondary N) is 1. The Morgan fingerprint density at radius 2 is 1.78 bits per heavy atom. The second kappa shape index (κ2) is 8.96. The van der Waals surface area contributed by atoms with E-state index in [2.05, 4.69) is 52.4 Å². The van der Waals surface area contributed by atoms with Gasteiger partial charge in [0.25, 0.3) is 0 Å². The molecule has 3 aromatic rings. The normalized spacial score (nSPS) is 25.0. The number of anilines is 1. The lowest BCUT2D eigenvalue weighted by Gasteiger charge is -2.35. The number of nitrogens with zero attached hydrogens (tertiary/aromatic N) is 5. The highest BCUT2D eigenvalue weighted by molar-refractivity contribution is 5.94. The van der Waals surface area contributed by atoms with Crippen LogP contribution in [0, 0.1) is 0 Å². The van der Waals surface area contributed by atoms with Gasteiger partial charge in [0.15, 0.2) is 0 Å². The van der Waals surface area contributed by atoms with Crippen molar-refractivity contribution in [3.63, 3.8) is 0 Å². The summed E-state index contributed by atoms with van der Waals surface area (Å²) in [6.07, 6.45) is 10.3. The second-order valence-corrected chi connectivity index (χ2v) is 11.1. The van der Waals surface area contributed by atoms with E-state index in [-0.39, 0.29) is 5.54 Å². The highest BCUT2D eigenvalue weighted by Gasteiger charge is 2.45. The molecule has 2 aromatic heterocycles. The predicted molar refractivity (Wildman–Crippen MR) is 143 cm³/mol. The van der Waals surface area contributed by atoms with Gasteiger partial charge in [-0.25, -0.2) is 0 Å². The van der Waals surface area contributed by atoms with E-state index in [4.69, 9.17) is 19.7 Å². The van der Waals surface area contributed by atoms with Crippen LogP contribution in [0.3, 0.4) is 0 Å². The number of hydrogen-bond donors (Lipinski definition) is 1. The van der Waals surface area contributed by atoms with Crippen molar-refractivity contribution in [1.82, 2.24) is 25.2 Å². The Balaban J connectivity index is 1.32. The molecule has 1 aromatic carbocycles. The largest absolute Gasteiger partial charge is 0.461 e. The van der Waals surface area contributed by atoms with Gasteiger partial charge in [-0.1, -0.05) is 37.3 Å². The molecule has 4 aliphatic heterocycles. The van der Waals surface area contributed by atoms with Gasteiger partial charge in [-0.15, -0.1) is 0 Å². The summed E-state index contributed by atoms with van der Waals surface area (Å²) in [6.45, 7) is 7.22. The van der Waals surface area contributed by atoms with Crippen LogP contribution in [0.4, 0.5) is 5.82 Å². The molecular formula is C29H36N6O. The van der Waals surface area contributed by atoms with Crippen molar-refractivity contribution in [2.24, 2.45) is 0 Å². The summed E-state index contributed by atoms with van der Waals surface area (Å²) in [5.74, 6) is 0.988. The molecule has 7 nitrogen and oxygen atoms in total. The fraction of sp³-hybridized carbons (Fsp3) is 0.552. The zero-order valence-electron chi connectivity index (χ0n) is 21.2. The number of pyridine rings is 1. The Bertz CT molecular complexity index is 1240. The van der Waals surface area contributed by atoms with E-state index in [1.807, 2.05) is 6.20 Å². The molecule has 4 saturated heterocycles. The van der Waals surface area contributed by atoms with Crippen molar-refractivity contribution in [2.45, 2.75) is 69.5 Å². The topological polar surface area (TPSA) is 66.4 Å². The average molecular weight is 485 g/mol. The van der Waals surface area contributed by atoms with Crippen LogP contribution in [0.1, 0.15) is 51.0 Å². The lowest BCUT2D eigenvalue weighted by atomic mass is 9.95. The highest BCUT2D eigenvalue weighted by atomic mass is 16.5. The van der Waals surface area contributed by atoms with Crippen LogP contribution in [0.5, 0.6) is 6.01 Å². The van der Waals surface area contributed by atoms with Crippen molar-refractivity contribution >= 4 is 16.7 Å². The molecule has 6 heterocycles. The monoisotopic (exact) mass is 484 g/mol. The van der Waals surface area contributed by atoms with Crippen LogP contribution >= 0.6 is 0 Å². The van der Waals surface area contributed by atoms with Gasteiger partial charge >= 0.3 is 6.01 Å². The summed E-state index contributed by atoms with van der Waals surface area (Å²) in [4.78, 5) is 20.2. The number of rotatable bonds is 6. The maximum absolute atomic E-state index is 6.52. The van der Waals surface area contributed by atoms with Crippen LogP contribution in [-0.4, -0.2) is 70.3 Å². The summed E-state index contributed by atoms with van der Waals surface area (Å²) < 4.78 is 6.52. The minimum atomic E-state index is 0.174. The molecule has 0 aliphatic carbocycles. The number of hydrogen-bond acceptors (Lipinski definition) is 7. The van der Waals surface area contributed by atoms with Crippen LogP contribution in [0.15, 0.2) is 36.5 Å². The van der Waals surface area contributed by atoms with Crippen molar-refractivity contribution in [1.29, 1.82) is 0 Å². The van der Waals surface area contributed by atoms with Gasteiger partial charge in [0, 0.05) is 42.5 Å². The minimum absolute atomic E-state index is 0.174. The molecule has 2 unspecified atom stereocenters. The van der Waals surface area contributed by atoms with Crippen LogP contribution in [-0.2, 0) is 6.42 Å². The minimum Gasteiger partial charge on any atom is -0.461 e. The van der Waals surface area contributed by atoms with E-state index in [1.54, 1.807) is 0 Å². The van der Waals surface area contributed by atoms with E-state index < -0.39 is 0 Å². The zero-order chi connectivity index (χ0) is 24.1. The van der Waals surface area contributed by atoms with Crippen molar-refractivity contribution in [2.75, 3.05) is 37.7 Å². The molecule has 36 heavy (non-hydrogen) atoms. The van der Waals surface area contributed by atoms with Crippen LogP contribution < -0.4 is 15.0 Å². The Morgan fingerprint density at radius 1 is 1.03 bits per heavy atom. The number of ether oxygens (including phenoxy) is 1. The molecule has 4 fully saturated rings. The van der Waals surface area contributed by atoms with E-state index in [0.717, 1.165) is 47.5 Å². The first-order valence-corrected chi connectivity index (χ1v) is 13.9. The number of benzene rings is 1. The quantitative estimate of drug-likeness (QED) is 0.562. The number of aromatic nitrogens is 3. The predicted octanol–water partition coefficient (Wildman–Crippen LogP) is 4.20. The number of fused-ring (bicyclic) bond motifs is 4. The molecule has 7 heteroatoms. The second-order valence-electron chi connectivity index (χ2n) is 11.1. The van der Waals surface area contributed by atoms with Crippen LogP contribution in [0.2, 0.25) is 0 Å². The molecule has 0 amide bonds. The Labute approximate surface area is 213 Å². The first-order valence-electron chi connectivity index (χ1n) is 13.9. The Morgan fingerprint density at radius 3 is 2.50 bits per heavy atom. The fourth-order valence-electron chi connectivity index (χ4n) is 7.22. The van der Waals surface area contributed by atoms with E-state index in [1.165, 1.54) is 57.2 Å². The SMILES string of the molecule is CCc1c(-c2ccccc2)ncc2c(N3CC4CCC(C3)N4)nc(OCC34CCCN3CCC4)nc12. The van der Waals surface area contributed by atoms with E-state index >= 15 is 0 Å². The summed E-state index contributed by atoms with van der Waals surface area (Å²) in [7, 11) is 0. The molecule has 2 atom stereocenters. The molecule has 7 rings (SSSR count). The first-order chi connectivity index (χ1) is 17.7. The van der Waals surface area contributed by atoms with Crippen molar-refractivity contribution < 1.29 is 4.74 Å². The Hall–Kier alpha value is -2.77. The van der Waals surface area contributed by atoms with Crippen LogP contribution in [0.25, 0.3) is 22.2 Å². The molecule has 0 radical (unpaired) electrons. The Kier molecular flexibility index (Phi) is 5.58. The first kappa shape index (κ1) is 22.4. The van der Waals surface area contributed by atoms with Gasteiger partial charge in [0.2, 0.25) is 0 Å². The molecular weight excluding hydrogens is 448 g/mol. The number of piperazine rings is 1. The number of aryl methyl sites for hydroxylation is 1. The van der Waals surface area contributed by atoms with Crippen molar-refractivity contribution in [3.8, 4) is 17.3 Å². The van der Waals surface area contributed by atoms with Gasteiger partial charge < -0.3 is 15.0 Å². The van der Waals surface area contributed by atoms with Gasteiger partial charge in [0.05, 0.1) is 22.1 Å². The molecule has 1 N–H and O–H groups in total. The van der Waals surface area contributed by atoms with E-state index in [0.29, 0.717) is 24.7 Å². The van der Waals surface area contributed by atoms with Gasteiger partial charge in [-0.3, -0.25) is 9.88 Å². The van der Waals surface area contributed by atoms with Crippen molar-refractivity contribution in [3.05, 3.63) is 42.1 Å². The third-order valence-electron chi connectivity index (χ3n) is 9.00. The lowest BCUT2D eigenvalue weighted by molar-refractivity contribution is 0.108. The average Bonchev–Trinajstić information content (AvgIpc) is 3.60. The standard InChI is InChI=1S/C29H36N6O/c1-2-23-25(20-8-4-3-5-9-20)30-16-24-26(23)32-28(36-19-29-12-6-14-35(29)15-7-13-29)33-27(24)34-17-21-10-11-22(18-34)31-21/h3-5,8-9,16,21-22,31H,2,6-7,10-15,17-19H2,1H3. The molecule has 188 valence electrons. The zero-order valence-corrected chi connectivity index (χ0v) is 21.2. The third kappa shape index (κ3) is 3.75. The maximum Gasteiger partial charge on any atom is 0.319 e. The van der Waals surface area contributed by atoms with Gasteiger partial charge in [-0.05, 0) is 58.0 Å². The highest BCUT2D eigenvalue weighted by Crippen LogP contribution is 2.40.